The van der Waals surface area contributed by atoms with Crippen LogP contribution in [0.15, 0.2) is 41.5 Å². The maximum absolute atomic E-state index is 14.6. The summed E-state index contributed by atoms with van der Waals surface area (Å²) in [4.78, 5) is 19.3. The van der Waals surface area contributed by atoms with Crippen LogP contribution in [0.25, 0.3) is 0 Å². The third kappa shape index (κ3) is 4.67. The third-order valence-corrected chi connectivity index (χ3v) is 4.58. The number of halogens is 5. The number of aromatic nitrogens is 1. The van der Waals surface area contributed by atoms with E-state index < -0.39 is 54.2 Å². The lowest BCUT2D eigenvalue weighted by atomic mass is 9.84. The van der Waals surface area contributed by atoms with Crippen molar-refractivity contribution in [2.75, 3.05) is 13.7 Å². The molecule has 7 nitrogen and oxygen atoms in total. The number of amidine groups is 1. The van der Waals surface area contributed by atoms with Gasteiger partial charge in [0, 0.05) is 36.9 Å². The first-order valence-corrected chi connectivity index (χ1v) is 8.88. The summed E-state index contributed by atoms with van der Waals surface area (Å²) in [6, 6.07) is 4.91. The molecule has 1 aliphatic rings. The zero-order valence-corrected chi connectivity index (χ0v) is 16.0. The fourth-order valence-electron chi connectivity index (χ4n) is 3.08. The largest absolute Gasteiger partial charge is 0.452 e. The van der Waals surface area contributed by atoms with Crippen molar-refractivity contribution in [1.29, 1.82) is 0 Å². The first-order chi connectivity index (χ1) is 14.6. The molecule has 1 aliphatic heterocycles. The summed E-state index contributed by atoms with van der Waals surface area (Å²) in [6.45, 7) is -1.46. The van der Waals surface area contributed by atoms with Gasteiger partial charge in [0.25, 0.3) is 11.9 Å². The molecule has 1 aromatic carbocycles. The monoisotopic (exact) mass is 444 g/mol. The van der Waals surface area contributed by atoms with Crippen LogP contribution in [0.5, 0.6) is 11.6 Å². The molecule has 166 valence electrons. The summed E-state index contributed by atoms with van der Waals surface area (Å²) in [5, 5.41) is 2.42. The maximum Gasteiger partial charge on any atom is 0.425 e. The lowest BCUT2D eigenvalue weighted by Crippen LogP contribution is -2.48. The van der Waals surface area contributed by atoms with Crippen LogP contribution < -0.4 is 15.8 Å². The van der Waals surface area contributed by atoms with E-state index in [0.29, 0.717) is 0 Å². The van der Waals surface area contributed by atoms with Gasteiger partial charge in [-0.2, -0.15) is 13.2 Å². The normalized spacial score (nSPS) is 21.1. The average Bonchev–Trinajstić information content (AvgIpc) is 2.73. The number of carbonyl (C=O) groups excluding carboxylic acids is 1. The average molecular weight is 444 g/mol. The Morgan fingerprint density at radius 1 is 1.35 bits per heavy atom. The zero-order chi connectivity index (χ0) is 22.8. The first kappa shape index (κ1) is 22.2. The van der Waals surface area contributed by atoms with E-state index in [2.05, 4.69) is 20.0 Å². The fourth-order valence-corrected chi connectivity index (χ4v) is 3.08. The number of alkyl halides is 4. The molecule has 0 saturated heterocycles. The molecular weight excluding hydrogens is 427 g/mol. The highest BCUT2D eigenvalue weighted by Gasteiger charge is 2.52. The Labute approximate surface area is 173 Å². The van der Waals surface area contributed by atoms with E-state index in [9.17, 15) is 26.7 Å². The van der Waals surface area contributed by atoms with Gasteiger partial charge in [-0.05, 0) is 24.3 Å². The molecule has 2 unspecified atom stereocenters. The van der Waals surface area contributed by atoms with Crippen LogP contribution in [0, 0.1) is 5.82 Å². The number of nitrogens with two attached hydrogens (primary N) is 1. The molecule has 0 radical (unpaired) electrons. The van der Waals surface area contributed by atoms with Gasteiger partial charge in [-0.1, -0.05) is 0 Å². The Hall–Kier alpha value is -3.44. The Bertz CT molecular complexity index is 1010. The second-order valence-electron chi connectivity index (χ2n) is 6.67. The summed E-state index contributed by atoms with van der Waals surface area (Å²) in [5.74, 6) is -1.52. The number of hydrogen-bond acceptors (Lipinski definition) is 6. The minimum absolute atomic E-state index is 0.0453. The number of rotatable bonds is 5. The maximum atomic E-state index is 14.6. The summed E-state index contributed by atoms with van der Waals surface area (Å²) < 4.78 is 78.1. The van der Waals surface area contributed by atoms with Gasteiger partial charge in [-0.3, -0.25) is 4.79 Å². The topological polar surface area (TPSA) is 98.8 Å². The Morgan fingerprint density at radius 2 is 2.10 bits per heavy atom. The van der Waals surface area contributed by atoms with E-state index in [-0.39, 0.29) is 17.2 Å². The van der Waals surface area contributed by atoms with Crippen LogP contribution in [0.3, 0.4) is 0 Å². The molecule has 2 atom stereocenters. The van der Waals surface area contributed by atoms with E-state index >= 15 is 0 Å². The van der Waals surface area contributed by atoms with Crippen molar-refractivity contribution >= 4 is 11.9 Å². The second kappa shape index (κ2) is 8.36. The standard InChI is InChI=1S/C19H17F5N4O3/c1-26-16(29)10-4-5-27-15(6-10)30-11-2-3-13(21)12(7-11)18(9-20)8-14(19(22,23)24)31-17(25)28-18/h2-7,14H,8-9H2,1H3,(H2,25,28)(H,26,29). The molecule has 0 fully saturated rings. The van der Waals surface area contributed by atoms with Gasteiger partial charge in [0.2, 0.25) is 5.88 Å². The highest BCUT2D eigenvalue weighted by molar-refractivity contribution is 5.94. The van der Waals surface area contributed by atoms with Crippen LogP contribution in [0.2, 0.25) is 0 Å². The molecule has 0 saturated carbocycles. The van der Waals surface area contributed by atoms with E-state index in [0.717, 1.165) is 12.1 Å². The molecule has 1 aromatic heterocycles. The molecule has 2 heterocycles. The third-order valence-electron chi connectivity index (χ3n) is 4.58. The van der Waals surface area contributed by atoms with Gasteiger partial charge in [0.1, 0.15) is 23.8 Å². The Balaban J connectivity index is 1.98. The van der Waals surface area contributed by atoms with Crippen molar-refractivity contribution in [3.63, 3.8) is 0 Å². The summed E-state index contributed by atoms with van der Waals surface area (Å²) >= 11 is 0. The lowest BCUT2D eigenvalue weighted by molar-refractivity contribution is -0.209. The zero-order valence-electron chi connectivity index (χ0n) is 16.0. The van der Waals surface area contributed by atoms with Crippen molar-refractivity contribution in [3.8, 4) is 11.6 Å². The van der Waals surface area contributed by atoms with Gasteiger partial charge in [0.05, 0.1) is 0 Å². The summed E-state index contributed by atoms with van der Waals surface area (Å²) in [5.41, 5.74) is 2.82. The van der Waals surface area contributed by atoms with Crippen molar-refractivity contribution in [2.24, 2.45) is 10.7 Å². The van der Waals surface area contributed by atoms with Gasteiger partial charge >= 0.3 is 6.18 Å². The molecule has 3 rings (SSSR count). The van der Waals surface area contributed by atoms with Crippen molar-refractivity contribution in [2.45, 2.75) is 24.2 Å². The number of hydrogen-bond donors (Lipinski definition) is 2. The van der Waals surface area contributed by atoms with Crippen LogP contribution in [-0.4, -0.2) is 42.9 Å². The Morgan fingerprint density at radius 3 is 2.74 bits per heavy atom. The minimum Gasteiger partial charge on any atom is -0.452 e. The van der Waals surface area contributed by atoms with Crippen LogP contribution >= 0.6 is 0 Å². The molecule has 12 heteroatoms. The number of amides is 1. The van der Waals surface area contributed by atoms with Gasteiger partial charge in [-0.25, -0.2) is 18.8 Å². The van der Waals surface area contributed by atoms with E-state index in [1.165, 1.54) is 31.4 Å². The smallest absolute Gasteiger partial charge is 0.425 e. The number of benzene rings is 1. The highest BCUT2D eigenvalue weighted by Crippen LogP contribution is 2.42. The van der Waals surface area contributed by atoms with Crippen molar-refractivity contribution in [3.05, 3.63) is 53.5 Å². The number of carbonyl (C=O) groups is 1. The summed E-state index contributed by atoms with van der Waals surface area (Å²) in [6.07, 6.45) is -7.05. The van der Waals surface area contributed by atoms with Crippen molar-refractivity contribution < 1.29 is 36.2 Å². The predicted molar refractivity (Wildman–Crippen MR) is 98.9 cm³/mol. The number of aliphatic imine (C=N–C) groups is 1. The van der Waals surface area contributed by atoms with Gasteiger partial charge < -0.3 is 20.5 Å². The lowest BCUT2D eigenvalue weighted by Gasteiger charge is -2.36. The molecule has 31 heavy (non-hydrogen) atoms. The van der Waals surface area contributed by atoms with Crippen LogP contribution in [-0.2, 0) is 10.3 Å². The molecule has 2 aromatic rings. The van der Waals surface area contributed by atoms with Crippen LogP contribution in [0.4, 0.5) is 22.0 Å². The second-order valence-corrected chi connectivity index (χ2v) is 6.67. The SMILES string of the molecule is CNC(=O)c1ccnc(Oc2ccc(F)c(C3(CF)CC(C(F)(F)F)OC(N)=N3)c2)c1. The van der Waals surface area contributed by atoms with Crippen molar-refractivity contribution in [1.82, 2.24) is 10.3 Å². The van der Waals surface area contributed by atoms with E-state index in [1.807, 2.05) is 0 Å². The number of nitrogens with zero attached hydrogens (tertiary/aromatic N) is 2. The molecule has 0 spiro atoms. The fraction of sp³-hybridized carbons (Fsp3) is 0.316. The molecule has 3 N–H and O–H groups in total. The minimum atomic E-state index is -4.87. The molecule has 0 aliphatic carbocycles. The van der Waals surface area contributed by atoms with E-state index in [4.69, 9.17) is 10.5 Å². The molecular formula is C19H17F5N4O3. The van der Waals surface area contributed by atoms with Gasteiger partial charge in [0.15, 0.2) is 6.10 Å². The molecule has 0 bridgehead atoms. The van der Waals surface area contributed by atoms with Gasteiger partial charge in [-0.15, -0.1) is 0 Å². The number of pyridine rings is 1. The number of ether oxygens (including phenoxy) is 2. The first-order valence-electron chi connectivity index (χ1n) is 8.88. The molecule has 1 amide bonds. The Kier molecular flexibility index (Phi) is 6.00. The quantitative estimate of drug-likeness (QED) is 0.691. The number of nitrogens with one attached hydrogen (secondary N) is 1. The van der Waals surface area contributed by atoms with E-state index in [1.54, 1.807) is 0 Å². The summed E-state index contributed by atoms with van der Waals surface area (Å²) in [7, 11) is 1.43. The highest BCUT2D eigenvalue weighted by atomic mass is 19.4. The predicted octanol–water partition coefficient (Wildman–Crippen LogP) is 3.20. The van der Waals surface area contributed by atoms with Crippen LogP contribution in [0.1, 0.15) is 22.3 Å².